The summed E-state index contributed by atoms with van der Waals surface area (Å²) >= 11 is 3.15. The normalized spacial score (nSPS) is 13.5. The smallest absolute Gasteiger partial charge is 0.261 e. The van der Waals surface area contributed by atoms with E-state index in [0.717, 1.165) is 6.42 Å². The van der Waals surface area contributed by atoms with E-state index in [2.05, 4.69) is 21.6 Å². The minimum absolute atomic E-state index is 0.233. The van der Waals surface area contributed by atoms with Crippen LogP contribution in [0.25, 0.3) is 0 Å². The predicted molar refractivity (Wildman–Crippen MR) is 98.4 cm³/mol. The molecule has 0 N–H and O–H groups in total. The van der Waals surface area contributed by atoms with Crippen molar-refractivity contribution in [1.29, 1.82) is 0 Å². The van der Waals surface area contributed by atoms with Gasteiger partial charge in [-0.15, -0.1) is 16.4 Å². The molecule has 0 fully saturated rings. The van der Waals surface area contributed by atoms with Gasteiger partial charge in [-0.2, -0.15) is 0 Å². The zero-order chi connectivity index (χ0) is 17.9. The van der Waals surface area contributed by atoms with Gasteiger partial charge < -0.3 is 0 Å². The van der Waals surface area contributed by atoms with Crippen molar-refractivity contribution in [3.05, 3.63) is 57.8 Å². The summed E-state index contributed by atoms with van der Waals surface area (Å²) in [5.74, 6) is 0.0807. The lowest BCUT2D eigenvalue weighted by molar-refractivity contribution is 0.0664. The van der Waals surface area contributed by atoms with Gasteiger partial charge in [-0.1, -0.05) is 30.0 Å². The molecule has 132 valence electrons. The summed E-state index contributed by atoms with van der Waals surface area (Å²) < 4.78 is 1.76. The first-order chi connectivity index (χ1) is 12.7. The summed E-state index contributed by atoms with van der Waals surface area (Å²) in [7, 11) is 0. The van der Waals surface area contributed by atoms with E-state index < -0.39 is 0 Å². The van der Waals surface area contributed by atoms with E-state index in [0.29, 0.717) is 35.1 Å². The number of thioether (sulfide) groups is 1. The third-order valence-electron chi connectivity index (χ3n) is 4.07. The highest BCUT2D eigenvalue weighted by Crippen LogP contribution is 2.23. The Morgan fingerprint density at radius 3 is 2.46 bits per heavy atom. The topological polar surface area (TPSA) is 81.0 Å². The number of amides is 2. The van der Waals surface area contributed by atoms with Crippen LogP contribution in [0.3, 0.4) is 0 Å². The highest BCUT2D eigenvalue weighted by molar-refractivity contribution is 7.99. The van der Waals surface area contributed by atoms with Crippen LogP contribution in [0.5, 0.6) is 0 Å². The molecule has 3 heterocycles. The van der Waals surface area contributed by atoms with Crippen molar-refractivity contribution < 1.29 is 9.59 Å². The number of fused-ring (bicyclic) bond motifs is 1. The average molecular weight is 385 g/mol. The summed E-state index contributed by atoms with van der Waals surface area (Å²) in [4.78, 5) is 27.3. The molecule has 0 spiro atoms. The average Bonchev–Trinajstić information content (AvgIpc) is 3.38. The van der Waals surface area contributed by atoms with Crippen LogP contribution >= 0.6 is 23.1 Å². The Bertz CT molecular complexity index is 903. The summed E-state index contributed by atoms with van der Waals surface area (Å²) in [6, 6.07) is 11.0. The van der Waals surface area contributed by atoms with Gasteiger partial charge in [0.05, 0.1) is 17.7 Å². The molecule has 2 aromatic heterocycles. The second kappa shape index (κ2) is 7.38. The Hall–Kier alpha value is -2.52. The van der Waals surface area contributed by atoms with E-state index in [9.17, 15) is 9.59 Å². The third-order valence-corrected chi connectivity index (χ3v) is 5.95. The molecule has 26 heavy (non-hydrogen) atoms. The second-order valence-electron chi connectivity index (χ2n) is 5.67. The molecule has 0 atom stereocenters. The summed E-state index contributed by atoms with van der Waals surface area (Å²) in [6.45, 7) is 1.03. The standard InChI is InChI=1S/C17H15N5O2S2/c23-15-13-5-1-2-6-14(13)16(24)21(15)9-11-26-17-18-19-20-22(17)8-7-12-4-3-10-25-12/h1-6,10H,7-9,11H2. The van der Waals surface area contributed by atoms with Crippen molar-refractivity contribution in [2.45, 2.75) is 18.1 Å². The fourth-order valence-corrected chi connectivity index (χ4v) is 4.31. The zero-order valence-corrected chi connectivity index (χ0v) is 15.4. The molecule has 0 saturated carbocycles. The number of imide groups is 1. The Morgan fingerprint density at radius 1 is 1.00 bits per heavy atom. The Labute approximate surface area is 158 Å². The van der Waals surface area contributed by atoms with E-state index >= 15 is 0 Å². The number of hydrogen-bond donors (Lipinski definition) is 0. The van der Waals surface area contributed by atoms with Crippen molar-refractivity contribution in [2.24, 2.45) is 0 Å². The quantitative estimate of drug-likeness (QED) is 0.459. The number of aryl methyl sites for hydroxylation is 2. The highest BCUT2D eigenvalue weighted by atomic mass is 32.2. The zero-order valence-electron chi connectivity index (χ0n) is 13.7. The number of thiophene rings is 1. The van der Waals surface area contributed by atoms with E-state index in [1.807, 2.05) is 11.4 Å². The van der Waals surface area contributed by atoms with Gasteiger partial charge in [-0.3, -0.25) is 14.5 Å². The van der Waals surface area contributed by atoms with Crippen LogP contribution in [0.4, 0.5) is 0 Å². The van der Waals surface area contributed by atoms with Crippen molar-refractivity contribution in [3.8, 4) is 0 Å². The van der Waals surface area contributed by atoms with Gasteiger partial charge in [-0.25, -0.2) is 4.68 Å². The maximum absolute atomic E-state index is 12.4. The second-order valence-corrected chi connectivity index (χ2v) is 7.76. The van der Waals surface area contributed by atoms with E-state index in [1.54, 1.807) is 40.3 Å². The van der Waals surface area contributed by atoms with Gasteiger partial charge in [0.1, 0.15) is 0 Å². The lowest BCUT2D eigenvalue weighted by Gasteiger charge is -2.13. The molecule has 0 unspecified atom stereocenters. The van der Waals surface area contributed by atoms with Gasteiger partial charge in [0.2, 0.25) is 5.16 Å². The van der Waals surface area contributed by atoms with Gasteiger partial charge in [0, 0.05) is 23.6 Å². The Balaban J connectivity index is 1.34. The van der Waals surface area contributed by atoms with Gasteiger partial charge >= 0.3 is 0 Å². The number of benzene rings is 1. The van der Waals surface area contributed by atoms with Gasteiger partial charge in [0.25, 0.3) is 11.8 Å². The van der Waals surface area contributed by atoms with Crippen LogP contribution in [0, 0.1) is 0 Å². The number of nitrogens with zero attached hydrogens (tertiary/aromatic N) is 5. The Kier molecular flexibility index (Phi) is 4.81. The van der Waals surface area contributed by atoms with Crippen LogP contribution < -0.4 is 0 Å². The molecule has 0 aliphatic carbocycles. The first-order valence-corrected chi connectivity index (χ1v) is 9.97. The number of aromatic nitrogens is 4. The number of carbonyl (C=O) groups excluding carboxylic acids is 2. The molecular formula is C17H15N5O2S2. The molecule has 0 saturated heterocycles. The molecule has 4 rings (SSSR count). The molecular weight excluding hydrogens is 370 g/mol. The van der Waals surface area contributed by atoms with Crippen molar-refractivity contribution in [2.75, 3.05) is 12.3 Å². The first kappa shape index (κ1) is 16.9. The number of carbonyl (C=O) groups is 2. The molecule has 1 aromatic carbocycles. The SMILES string of the molecule is O=C1c2ccccc2C(=O)N1CCSc1nnnn1CCc1cccs1. The highest BCUT2D eigenvalue weighted by Gasteiger charge is 2.34. The fourth-order valence-electron chi connectivity index (χ4n) is 2.78. The van der Waals surface area contributed by atoms with Crippen LogP contribution in [0.15, 0.2) is 46.9 Å². The van der Waals surface area contributed by atoms with Crippen LogP contribution in [-0.2, 0) is 13.0 Å². The summed E-state index contributed by atoms with van der Waals surface area (Å²) in [6.07, 6.45) is 0.870. The molecule has 1 aliphatic heterocycles. The van der Waals surface area contributed by atoms with Crippen LogP contribution in [0.2, 0.25) is 0 Å². The van der Waals surface area contributed by atoms with Crippen LogP contribution in [-0.4, -0.2) is 49.2 Å². The third kappa shape index (κ3) is 3.27. The molecule has 1 aliphatic rings. The van der Waals surface area contributed by atoms with Crippen LogP contribution in [0.1, 0.15) is 25.6 Å². The largest absolute Gasteiger partial charge is 0.273 e. The summed E-state index contributed by atoms with van der Waals surface area (Å²) in [5.41, 5.74) is 0.951. The lowest BCUT2D eigenvalue weighted by Crippen LogP contribution is -2.31. The van der Waals surface area contributed by atoms with Crippen molar-refractivity contribution >= 4 is 34.9 Å². The van der Waals surface area contributed by atoms with E-state index in [1.165, 1.54) is 21.5 Å². The first-order valence-electron chi connectivity index (χ1n) is 8.10. The summed E-state index contributed by atoms with van der Waals surface area (Å²) in [5, 5.41) is 14.5. The van der Waals surface area contributed by atoms with E-state index in [4.69, 9.17) is 0 Å². The van der Waals surface area contributed by atoms with Crippen molar-refractivity contribution in [3.63, 3.8) is 0 Å². The number of hydrogen-bond acceptors (Lipinski definition) is 7. The molecule has 9 heteroatoms. The lowest BCUT2D eigenvalue weighted by atomic mass is 10.1. The van der Waals surface area contributed by atoms with E-state index in [-0.39, 0.29) is 11.8 Å². The minimum Gasteiger partial charge on any atom is -0.273 e. The number of tetrazole rings is 1. The fraction of sp³-hybridized carbons (Fsp3) is 0.235. The molecule has 2 amide bonds. The van der Waals surface area contributed by atoms with Gasteiger partial charge in [0.15, 0.2) is 0 Å². The minimum atomic E-state index is -0.233. The molecule has 0 radical (unpaired) electrons. The maximum atomic E-state index is 12.4. The Morgan fingerprint density at radius 2 is 1.77 bits per heavy atom. The number of rotatable bonds is 7. The molecule has 7 nitrogen and oxygen atoms in total. The maximum Gasteiger partial charge on any atom is 0.261 e. The van der Waals surface area contributed by atoms with Gasteiger partial charge in [-0.05, 0) is 34.0 Å². The molecule has 0 bridgehead atoms. The monoisotopic (exact) mass is 385 g/mol. The van der Waals surface area contributed by atoms with Crippen molar-refractivity contribution in [1.82, 2.24) is 25.1 Å². The molecule has 3 aromatic rings. The predicted octanol–water partition coefficient (Wildman–Crippen LogP) is 2.37.